The van der Waals surface area contributed by atoms with E-state index in [0.29, 0.717) is 16.7 Å². The minimum atomic E-state index is -1.38. The minimum absolute atomic E-state index is 0.0181. The average molecular weight is 685 g/mol. The average Bonchev–Trinajstić information content (AvgIpc) is 3.01. The molecule has 3 aromatic rings. The molecule has 0 spiro atoms. The molecule has 0 aliphatic heterocycles. The summed E-state index contributed by atoms with van der Waals surface area (Å²) in [6.45, 7) is 13.4. The van der Waals surface area contributed by atoms with E-state index in [1.807, 2.05) is 56.3 Å². The van der Waals surface area contributed by atoms with E-state index in [-0.39, 0.29) is 18.6 Å². The maximum atomic E-state index is 14.6. The molecular formula is C39H48N4O7. The van der Waals surface area contributed by atoms with Gasteiger partial charge in [0.2, 0.25) is 11.8 Å². The van der Waals surface area contributed by atoms with Crippen molar-refractivity contribution in [2.24, 2.45) is 0 Å². The van der Waals surface area contributed by atoms with Crippen LogP contribution in [0.5, 0.6) is 5.75 Å². The summed E-state index contributed by atoms with van der Waals surface area (Å²) >= 11 is 0. The second kappa shape index (κ2) is 16.8. The van der Waals surface area contributed by atoms with Crippen LogP contribution >= 0.6 is 0 Å². The number of ether oxygens (including phenoxy) is 2. The summed E-state index contributed by atoms with van der Waals surface area (Å²) in [7, 11) is 0. The highest BCUT2D eigenvalue weighted by atomic mass is 16.6. The smallest absolute Gasteiger partial charge is 0.408 e. The SMILES string of the molecule is Cc1cccc(C(C(=O)NC(Cc2ccccc2)C(=O)OC(C)(C)C)N(CC#N)C(=O)C(Cc2ccc(O)cc2)NC(=O)OC(C)(C)C)c1C. The van der Waals surface area contributed by atoms with Gasteiger partial charge in [-0.15, -0.1) is 0 Å². The Kier molecular flexibility index (Phi) is 13.2. The van der Waals surface area contributed by atoms with Crippen LogP contribution in [0.2, 0.25) is 0 Å². The van der Waals surface area contributed by atoms with Crippen LogP contribution in [0.3, 0.4) is 0 Å². The Morgan fingerprint density at radius 3 is 1.94 bits per heavy atom. The van der Waals surface area contributed by atoms with Crippen molar-refractivity contribution in [3.05, 3.63) is 101 Å². The quantitative estimate of drug-likeness (QED) is 0.164. The number of hydrogen-bond acceptors (Lipinski definition) is 8. The Balaban J connectivity index is 2.13. The van der Waals surface area contributed by atoms with Gasteiger partial charge >= 0.3 is 12.1 Å². The fourth-order valence-corrected chi connectivity index (χ4v) is 5.28. The first-order chi connectivity index (χ1) is 23.4. The topological polar surface area (TPSA) is 158 Å². The van der Waals surface area contributed by atoms with Crippen molar-refractivity contribution < 1.29 is 33.8 Å². The molecule has 3 aromatic carbocycles. The van der Waals surface area contributed by atoms with Crippen LogP contribution < -0.4 is 10.6 Å². The van der Waals surface area contributed by atoms with Crippen LogP contribution in [-0.2, 0) is 36.7 Å². The lowest BCUT2D eigenvalue weighted by atomic mass is 9.94. The summed E-state index contributed by atoms with van der Waals surface area (Å²) in [6.07, 6.45) is -0.806. The minimum Gasteiger partial charge on any atom is -0.508 e. The monoisotopic (exact) mass is 684 g/mol. The lowest BCUT2D eigenvalue weighted by molar-refractivity contribution is -0.159. The van der Waals surface area contributed by atoms with Gasteiger partial charge in [0.05, 0.1) is 6.07 Å². The summed E-state index contributed by atoms with van der Waals surface area (Å²) in [6, 6.07) is 18.8. The fourth-order valence-electron chi connectivity index (χ4n) is 5.28. The third-order valence-corrected chi connectivity index (χ3v) is 7.68. The molecule has 0 heterocycles. The summed E-state index contributed by atoms with van der Waals surface area (Å²) in [4.78, 5) is 56.8. The Labute approximate surface area is 294 Å². The number of hydrogen-bond donors (Lipinski definition) is 3. The van der Waals surface area contributed by atoms with E-state index in [9.17, 15) is 29.5 Å². The third-order valence-electron chi connectivity index (χ3n) is 7.68. The van der Waals surface area contributed by atoms with Gasteiger partial charge in [-0.25, -0.2) is 9.59 Å². The molecule has 0 fully saturated rings. The maximum absolute atomic E-state index is 14.6. The molecule has 0 saturated carbocycles. The molecule has 3 atom stereocenters. The Morgan fingerprint density at radius 2 is 1.36 bits per heavy atom. The van der Waals surface area contributed by atoms with Crippen molar-refractivity contribution in [3.8, 4) is 11.8 Å². The largest absolute Gasteiger partial charge is 0.508 e. The molecule has 266 valence electrons. The highest BCUT2D eigenvalue weighted by Crippen LogP contribution is 2.28. The highest BCUT2D eigenvalue weighted by molar-refractivity contribution is 5.94. The number of aromatic hydroxyl groups is 1. The van der Waals surface area contributed by atoms with Gasteiger partial charge in [-0.1, -0.05) is 60.7 Å². The number of benzene rings is 3. The number of carbonyl (C=O) groups is 4. The van der Waals surface area contributed by atoms with E-state index in [2.05, 4.69) is 10.6 Å². The molecule has 3 unspecified atom stereocenters. The van der Waals surface area contributed by atoms with Gasteiger partial charge in [0, 0.05) is 12.8 Å². The van der Waals surface area contributed by atoms with E-state index in [1.54, 1.807) is 65.8 Å². The lowest BCUT2D eigenvalue weighted by Gasteiger charge is -2.34. The molecule has 11 nitrogen and oxygen atoms in total. The molecule has 3 amide bonds. The number of phenolic OH excluding ortho intramolecular Hbond substituents is 1. The molecule has 0 radical (unpaired) electrons. The summed E-state index contributed by atoms with van der Waals surface area (Å²) in [5.74, 6) is -2.09. The van der Waals surface area contributed by atoms with Crippen molar-refractivity contribution in [1.29, 1.82) is 5.26 Å². The molecule has 0 aliphatic carbocycles. The Hall–Kier alpha value is -5.37. The van der Waals surface area contributed by atoms with Crippen molar-refractivity contribution in [2.45, 2.75) is 97.6 Å². The number of amides is 3. The predicted octanol–water partition coefficient (Wildman–Crippen LogP) is 5.61. The number of nitrogens with one attached hydrogen (secondary N) is 2. The van der Waals surface area contributed by atoms with E-state index in [4.69, 9.17) is 9.47 Å². The van der Waals surface area contributed by atoms with Crippen LogP contribution in [0.25, 0.3) is 0 Å². The Bertz CT molecular complexity index is 1690. The number of rotatable bonds is 12. The first-order valence-corrected chi connectivity index (χ1v) is 16.5. The fraction of sp³-hybridized carbons (Fsp3) is 0.410. The zero-order chi connectivity index (χ0) is 37.2. The van der Waals surface area contributed by atoms with Crippen LogP contribution in [0.4, 0.5) is 4.79 Å². The lowest BCUT2D eigenvalue weighted by Crippen LogP contribution is -2.55. The molecule has 0 aromatic heterocycles. The van der Waals surface area contributed by atoms with Gasteiger partial charge in [-0.3, -0.25) is 9.59 Å². The first kappa shape index (κ1) is 39.1. The molecule has 50 heavy (non-hydrogen) atoms. The summed E-state index contributed by atoms with van der Waals surface area (Å²) < 4.78 is 11.1. The van der Waals surface area contributed by atoms with Crippen molar-refractivity contribution in [2.75, 3.05) is 6.54 Å². The maximum Gasteiger partial charge on any atom is 0.408 e. The predicted molar refractivity (Wildman–Crippen MR) is 189 cm³/mol. The van der Waals surface area contributed by atoms with Gasteiger partial charge in [0.1, 0.15) is 41.6 Å². The number of nitriles is 1. The molecule has 3 N–H and O–H groups in total. The summed E-state index contributed by atoms with van der Waals surface area (Å²) in [5, 5.41) is 25.3. The number of phenols is 1. The van der Waals surface area contributed by atoms with Crippen molar-refractivity contribution >= 4 is 23.9 Å². The van der Waals surface area contributed by atoms with Crippen molar-refractivity contribution in [1.82, 2.24) is 15.5 Å². The van der Waals surface area contributed by atoms with Crippen molar-refractivity contribution in [3.63, 3.8) is 0 Å². The van der Waals surface area contributed by atoms with Gasteiger partial charge in [-0.2, -0.15) is 5.26 Å². The first-order valence-electron chi connectivity index (χ1n) is 16.5. The Morgan fingerprint density at radius 1 is 0.780 bits per heavy atom. The molecule has 0 aliphatic rings. The molecule has 0 bridgehead atoms. The standard InChI is InChI=1S/C39H48N4O7/c1-25-13-12-16-30(26(25)2)33(34(45)41-32(36(47)49-38(3,4)5)24-27-14-10-9-11-15-27)43(22-21-40)35(46)31(42-37(48)50-39(6,7)8)23-28-17-19-29(44)20-18-28/h9-20,31-33,44H,22-24H2,1-8H3,(H,41,45)(H,42,48). The van der Waals surface area contributed by atoms with Crippen LogP contribution in [0, 0.1) is 25.2 Å². The molecule has 11 heteroatoms. The number of aryl methyl sites for hydroxylation is 1. The van der Waals surface area contributed by atoms with Crippen LogP contribution in [-0.4, -0.2) is 63.7 Å². The van der Waals surface area contributed by atoms with Gasteiger partial charge in [-0.05, 0) is 95.3 Å². The molecule has 3 rings (SSSR count). The van der Waals surface area contributed by atoms with E-state index >= 15 is 0 Å². The van der Waals surface area contributed by atoms with Crippen LogP contribution in [0.1, 0.15) is 75.4 Å². The van der Waals surface area contributed by atoms with Crippen LogP contribution in [0.15, 0.2) is 72.8 Å². The molecule has 0 saturated heterocycles. The zero-order valence-corrected chi connectivity index (χ0v) is 30.1. The second-order valence-electron chi connectivity index (χ2n) is 14.2. The number of esters is 1. The second-order valence-corrected chi connectivity index (χ2v) is 14.2. The molecular weight excluding hydrogens is 636 g/mol. The number of carbonyl (C=O) groups excluding carboxylic acids is 4. The van der Waals surface area contributed by atoms with E-state index in [1.165, 1.54) is 12.1 Å². The van der Waals surface area contributed by atoms with Gasteiger partial charge < -0.3 is 30.1 Å². The normalized spacial score (nSPS) is 13.2. The summed E-state index contributed by atoms with van der Waals surface area (Å²) in [5.41, 5.74) is 1.62. The van der Waals surface area contributed by atoms with E-state index < -0.39 is 59.7 Å². The van der Waals surface area contributed by atoms with Gasteiger partial charge in [0.15, 0.2) is 0 Å². The number of nitrogens with zero attached hydrogens (tertiary/aromatic N) is 2. The third kappa shape index (κ3) is 11.7. The highest BCUT2D eigenvalue weighted by Gasteiger charge is 2.39. The number of alkyl carbamates (subject to hydrolysis) is 1. The zero-order valence-electron chi connectivity index (χ0n) is 30.1. The van der Waals surface area contributed by atoms with E-state index in [0.717, 1.165) is 16.0 Å². The van der Waals surface area contributed by atoms with Gasteiger partial charge in [0.25, 0.3) is 0 Å².